The summed E-state index contributed by atoms with van der Waals surface area (Å²) in [5.41, 5.74) is 1.40. The van der Waals surface area contributed by atoms with Gasteiger partial charge in [0.25, 0.3) is 0 Å². The quantitative estimate of drug-likeness (QED) is 0.613. The molecule has 0 radical (unpaired) electrons. The van der Waals surface area contributed by atoms with E-state index in [2.05, 4.69) is 9.98 Å². The minimum Gasteiger partial charge on any atom is -0.312 e. The fourth-order valence-electron chi connectivity index (χ4n) is 1.45. The monoisotopic (exact) mass is 215 g/mol. The number of aromatic amines is 1. The van der Waals surface area contributed by atoms with Crippen molar-refractivity contribution in [3.8, 4) is 5.69 Å². The van der Waals surface area contributed by atoms with Crippen molar-refractivity contribution in [1.29, 1.82) is 0 Å². The second kappa shape index (κ2) is 4.42. The number of hydrogen-bond donors (Lipinski definition) is 1. The Kier molecular flexibility index (Phi) is 2.80. The minimum atomic E-state index is -0.198. The molecule has 2 aromatic rings. The summed E-state index contributed by atoms with van der Waals surface area (Å²) in [5.74, 6) is 0. The first-order chi connectivity index (χ1) is 7.81. The van der Waals surface area contributed by atoms with E-state index in [9.17, 15) is 9.59 Å². The average Bonchev–Trinajstić information content (AvgIpc) is 2.73. The maximum absolute atomic E-state index is 11.4. The number of rotatable bonds is 3. The van der Waals surface area contributed by atoms with Crippen LogP contribution in [0.4, 0.5) is 0 Å². The van der Waals surface area contributed by atoms with Gasteiger partial charge >= 0.3 is 5.69 Å². The van der Waals surface area contributed by atoms with E-state index in [0.717, 1.165) is 11.3 Å². The molecule has 0 aliphatic carbocycles. The lowest BCUT2D eigenvalue weighted by atomic mass is 10.2. The van der Waals surface area contributed by atoms with Gasteiger partial charge in [0.05, 0.1) is 12.2 Å². The summed E-state index contributed by atoms with van der Waals surface area (Å²) in [6.45, 7) is 0.274. The zero-order valence-corrected chi connectivity index (χ0v) is 8.38. The van der Waals surface area contributed by atoms with E-state index in [1.165, 1.54) is 10.6 Å². The highest BCUT2D eigenvalue weighted by Crippen LogP contribution is 2.09. The van der Waals surface area contributed by atoms with Crippen LogP contribution in [0, 0.1) is 0 Å². The van der Waals surface area contributed by atoms with E-state index in [4.69, 9.17) is 0 Å². The van der Waals surface area contributed by atoms with E-state index in [-0.39, 0.29) is 12.2 Å². The molecule has 0 unspecified atom stereocenters. The molecule has 0 spiro atoms. The third kappa shape index (κ3) is 1.99. The van der Waals surface area contributed by atoms with E-state index in [1.807, 2.05) is 18.2 Å². The summed E-state index contributed by atoms with van der Waals surface area (Å²) in [7, 11) is 0. The number of nitrogens with zero attached hydrogens (tertiary/aromatic N) is 2. The van der Waals surface area contributed by atoms with Gasteiger partial charge in [-0.1, -0.05) is 12.1 Å². The van der Waals surface area contributed by atoms with Crippen LogP contribution in [0.25, 0.3) is 5.69 Å². The van der Waals surface area contributed by atoms with E-state index in [1.54, 1.807) is 18.5 Å². The maximum Gasteiger partial charge on any atom is 0.330 e. The van der Waals surface area contributed by atoms with Gasteiger partial charge in [-0.3, -0.25) is 4.57 Å². The molecule has 0 aliphatic heterocycles. The molecule has 5 heteroatoms. The summed E-state index contributed by atoms with van der Waals surface area (Å²) >= 11 is 0. The zero-order chi connectivity index (χ0) is 11.4. The SMILES string of the molecule is O=C=NCc1cccc(-n2cc[nH]c2=O)c1. The summed E-state index contributed by atoms with van der Waals surface area (Å²) < 4.78 is 1.48. The number of hydrogen-bond acceptors (Lipinski definition) is 3. The van der Waals surface area contributed by atoms with Gasteiger partial charge in [-0.15, -0.1) is 0 Å². The molecule has 16 heavy (non-hydrogen) atoms. The van der Waals surface area contributed by atoms with E-state index in [0.29, 0.717) is 0 Å². The lowest BCUT2D eigenvalue weighted by Gasteiger charge is -2.02. The van der Waals surface area contributed by atoms with Gasteiger partial charge < -0.3 is 4.98 Å². The summed E-state index contributed by atoms with van der Waals surface area (Å²) in [5, 5.41) is 0. The molecule has 0 saturated heterocycles. The molecule has 0 saturated carbocycles. The molecule has 2 rings (SSSR count). The van der Waals surface area contributed by atoms with Crippen molar-refractivity contribution in [2.45, 2.75) is 6.54 Å². The van der Waals surface area contributed by atoms with E-state index >= 15 is 0 Å². The Balaban J connectivity index is 2.40. The molecule has 0 amide bonds. The van der Waals surface area contributed by atoms with Crippen LogP contribution < -0.4 is 5.69 Å². The molecule has 0 atom stereocenters. The second-order valence-electron chi connectivity index (χ2n) is 3.21. The van der Waals surface area contributed by atoms with Crippen molar-refractivity contribution >= 4 is 6.08 Å². The number of isocyanates is 1. The Labute approximate surface area is 91.1 Å². The topological polar surface area (TPSA) is 67.2 Å². The number of nitrogens with one attached hydrogen (secondary N) is 1. The van der Waals surface area contributed by atoms with Crippen LogP contribution in [0.5, 0.6) is 0 Å². The maximum atomic E-state index is 11.4. The normalized spacial score (nSPS) is 9.75. The van der Waals surface area contributed by atoms with Crippen molar-refractivity contribution in [3.05, 3.63) is 52.7 Å². The Hall–Kier alpha value is -2.39. The zero-order valence-electron chi connectivity index (χ0n) is 8.38. The molecule has 1 aromatic heterocycles. The first kappa shape index (κ1) is 10.1. The van der Waals surface area contributed by atoms with E-state index < -0.39 is 0 Å². The standard InChI is InChI=1S/C11H9N3O2/c15-8-12-7-9-2-1-3-10(6-9)14-5-4-13-11(14)16/h1-6H,7H2,(H,13,16). The molecule has 1 aromatic carbocycles. The number of aliphatic imine (C=N–C) groups is 1. The van der Waals surface area contributed by atoms with Crippen molar-refractivity contribution in [2.24, 2.45) is 4.99 Å². The highest BCUT2D eigenvalue weighted by molar-refractivity contribution is 5.38. The Bertz CT molecular complexity index is 591. The molecule has 0 aliphatic rings. The van der Waals surface area contributed by atoms with Gasteiger partial charge in [0.15, 0.2) is 0 Å². The lowest BCUT2D eigenvalue weighted by molar-refractivity contribution is 0.563. The van der Waals surface area contributed by atoms with Crippen molar-refractivity contribution in [3.63, 3.8) is 0 Å². The van der Waals surface area contributed by atoms with Crippen LogP contribution in [-0.4, -0.2) is 15.6 Å². The van der Waals surface area contributed by atoms with Crippen molar-refractivity contribution < 1.29 is 4.79 Å². The highest BCUT2D eigenvalue weighted by Gasteiger charge is 2.00. The predicted molar refractivity (Wildman–Crippen MR) is 58.2 cm³/mol. The summed E-state index contributed by atoms with van der Waals surface area (Å²) in [6, 6.07) is 7.26. The van der Waals surface area contributed by atoms with Gasteiger partial charge in [-0.2, -0.15) is 0 Å². The highest BCUT2D eigenvalue weighted by atomic mass is 16.1. The van der Waals surface area contributed by atoms with Gasteiger partial charge in [-0.05, 0) is 17.7 Å². The van der Waals surface area contributed by atoms with Gasteiger partial charge in [0, 0.05) is 12.4 Å². The number of H-pyrrole nitrogens is 1. The predicted octanol–water partition coefficient (Wildman–Crippen LogP) is 1.00. The van der Waals surface area contributed by atoms with Crippen LogP contribution in [-0.2, 0) is 11.3 Å². The number of aromatic nitrogens is 2. The van der Waals surface area contributed by atoms with Gasteiger partial charge in [-0.25, -0.2) is 14.6 Å². The molecule has 0 fully saturated rings. The number of imidazole rings is 1. The number of benzene rings is 1. The molecule has 1 N–H and O–H groups in total. The van der Waals surface area contributed by atoms with Gasteiger partial charge in [0.1, 0.15) is 0 Å². The molecular weight excluding hydrogens is 206 g/mol. The average molecular weight is 215 g/mol. The smallest absolute Gasteiger partial charge is 0.312 e. The largest absolute Gasteiger partial charge is 0.330 e. The molecular formula is C11H9N3O2. The Morgan fingerprint density at radius 2 is 2.31 bits per heavy atom. The minimum absolute atomic E-state index is 0.198. The molecule has 5 nitrogen and oxygen atoms in total. The lowest BCUT2D eigenvalue weighted by Crippen LogP contribution is -2.13. The van der Waals surface area contributed by atoms with Crippen LogP contribution in [0.3, 0.4) is 0 Å². The third-order valence-electron chi connectivity index (χ3n) is 2.16. The summed E-state index contributed by atoms with van der Waals surface area (Å²) in [4.78, 5) is 27.4. The Morgan fingerprint density at radius 3 is 3.00 bits per heavy atom. The van der Waals surface area contributed by atoms with Crippen LogP contribution in [0.1, 0.15) is 5.56 Å². The molecule has 80 valence electrons. The fraction of sp³-hybridized carbons (Fsp3) is 0.0909. The summed E-state index contributed by atoms with van der Waals surface area (Å²) in [6.07, 6.45) is 4.69. The molecule has 0 bridgehead atoms. The van der Waals surface area contributed by atoms with Crippen LogP contribution in [0.2, 0.25) is 0 Å². The fourth-order valence-corrected chi connectivity index (χ4v) is 1.45. The van der Waals surface area contributed by atoms with Crippen LogP contribution in [0.15, 0.2) is 46.4 Å². The van der Waals surface area contributed by atoms with Crippen molar-refractivity contribution in [2.75, 3.05) is 0 Å². The second-order valence-corrected chi connectivity index (χ2v) is 3.21. The third-order valence-corrected chi connectivity index (χ3v) is 2.16. The molecule has 1 heterocycles. The Morgan fingerprint density at radius 1 is 1.44 bits per heavy atom. The van der Waals surface area contributed by atoms with Gasteiger partial charge in [0.2, 0.25) is 6.08 Å². The first-order valence-corrected chi connectivity index (χ1v) is 4.70. The first-order valence-electron chi connectivity index (χ1n) is 4.70. The van der Waals surface area contributed by atoms with Crippen LogP contribution >= 0.6 is 0 Å². The van der Waals surface area contributed by atoms with Crippen molar-refractivity contribution in [1.82, 2.24) is 9.55 Å². The number of carbonyl (C=O) groups excluding carboxylic acids is 1.